The number of aromatic nitrogens is 1. The molecule has 6 heteroatoms. The van der Waals surface area contributed by atoms with E-state index in [-0.39, 0.29) is 17.7 Å². The maximum absolute atomic E-state index is 12.7. The molecule has 0 aliphatic heterocycles. The van der Waals surface area contributed by atoms with Crippen molar-refractivity contribution in [3.8, 4) is 0 Å². The molecule has 3 aromatic rings. The molecule has 0 spiro atoms. The van der Waals surface area contributed by atoms with E-state index in [4.69, 9.17) is 4.84 Å². The van der Waals surface area contributed by atoms with Crippen LogP contribution in [0.2, 0.25) is 0 Å². The summed E-state index contributed by atoms with van der Waals surface area (Å²) in [5, 5.41) is 4.88. The SMILES string of the molecule is CCC(C)[C@H](NC(=O)c1ccc2[nH]c3ccccc3c2c1)C(=O)NOC. The first-order chi connectivity index (χ1) is 12.5. The molecule has 1 heterocycles. The Labute approximate surface area is 151 Å². The van der Waals surface area contributed by atoms with Crippen LogP contribution in [0.5, 0.6) is 0 Å². The summed E-state index contributed by atoms with van der Waals surface area (Å²) >= 11 is 0. The number of aromatic amines is 1. The minimum absolute atomic E-state index is 0.0223. The lowest BCUT2D eigenvalue weighted by molar-refractivity contribution is -0.134. The van der Waals surface area contributed by atoms with Crippen LogP contribution in [0.25, 0.3) is 21.8 Å². The van der Waals surface area contributed by atoms with Gasteiger partial charge in [0, 0.05) is 27.4 Å². The Bertz CT molecular complexity index is 948. The number of H-pyrrole nitrogens is 1. The van der Waals surface area contributed by atoms with Crippen molar-refractivity contribution in [2.24, 2.45) is 5.92 Å². The van der Waals surface area contributed by atoms with Crippen LogP contribution in [0.4, 0.5) is 0 Å². The second kappa shape index (κ2) is 7.58. The fourth-order valence-electron chi connectivity index (χ4n) is 3.08. The number of amides is 2. The summed E-state index contributed by atoms with van der Waals surface area (Å²) < 4.78 is 0. The van der Waals surface area contributed by atoms with E-state index < -0.39 is 6.04 Å². The number of carbonyl (C=O) groups is 2. The molecule has 0 aliphatic carbocycles. The zero-order valence-corrected chi connectivity index (χ0v) is 15.1. The molecule has 0 saturated carbocycles. The number of carbonyl (C=O) groups excluding carboxylic acids is 2. The molecular weight excluding hydrogens is 330 g/mol. The molecule has 0 fully saturated rings. The maximum Gasteiger partial charge on any atom is 0.266 e. The predicted molar refractivity (Wildman–Crippen MR) is 102 cm³/mol. The number of benzene rings is 2. The average Bonchev–Trinajstić information content (AvgIpc) is 3.03. The van der Waals surface area contributed by atoms with Crippen molar-refractivity contribution < 1.29 is 14.4 Å². The normalized spacial score (nSPS) is 13.5. The average molecular weight is 353 g/mol. The van der Waals surface area contributed by atoms with E-state index in [0.717, 1.165) is 28.2 Å². The van der Waals surface area contributed by atoms with Gasteiger partial charge in [-0.25, -0.2) is 5.48 Å². The number of nitrogens with one attached hydrogen (secondary N) is 3. The lowest BCUT2D eigenvalue weighted by atomic mass is 9.98. The molecule has 136 valence electrons. The summed E-state index contributed by atoms with van der Waals surface area (Å²) in [6.07, 6.45) is 0.754. The molecule has 0 bridgehead atoms. The monoisotopic (exact) mass is 353 g/mol. The molecule has 3 rings (SSSR count). The fraction of sp³-hybridized carbons (Fsp3) is 0.300. The molecule has 6 nitrogen and oxygen atoms in total. The molecule has 2 aromatic carbocycles. The quantitative estimate of drug-likeness (QED) is 0.595. The molecule has 0 radical (unpaired) electrons. The second-order valence-corrected chi connectivity index (χ2v) is 6.44. The highest BCUT2D eigenvalue weighted by molar-refractivity contribution is 6.10. The molecule has 2 amide bonds. The van der Waals surface area contributed by atoms with Gasteiger partial charge in [0.25, 0.3) is 11.8 Å². The van der Waals surface area contributed by atoms with Gasteiger partial charge < -0.3 is 10.3 Å². The van der Waals surface area contributed by atoms with Crippen LogP contribution >= 0.6 is 0 Å². The summed E-state index contributed by atoms with van der Waals surface area (Å²) in [7, 11) is 1.37. The van der Waals surface area contributed by atoms with Gasteiger partial charge in [-0.05, 0) is 30.2 Å². The predicted octanol–water partition coefficient (Wildman–Crippen LogP) is 3.14. The van der Waals surface area contributed by atoms with E-state index in [1.807, 2.05) is 50.2 Å². The van der Waals surface area contributed by atoms with Crippen molar-refractivity contribution >= 4 is 33.6 Å². The number of fused-ring (bicyclic) bond motifs is 3. The van der Waals surface area contributed by atoms with Crippen molar-refractivity contribution in [3.63, 3.8) is 0 Å². The molecular formula is C20H23N3O3. The van der Waals surface area contributed by atoms with Gasteiger partial charge in [0.15, 0.2) is 0 Å². The standard InChI is InChI=1S/C20H23N3O3/c1-4-12(2)18(20(25)23-26-3)22-19(24)13-9-10-17-15(11-13)14-7-5-6-8-16(14)21-17/h5-12,18,21H,4H2,1-3H3,(H,22,24)(H,23,25)/t12?,18-/m0/s1. The number of hydrogen-bond acceptors (Lipinski definition) is 3. The Morgan fingerprint density at radius 1 is 1.12 bits per heavy atom. The van der Waals surface area contributed by atoms with Crippen LogP contribution in [-0.2, 0) is 9.63 Å². The minimum atomic E-state index is -0.661. The van der Waals surface area contributed by atoms with Crippen molar-refractivity contribution in [1.29, 1.82) is 0 Å². The molecule has 1 unspecified atom stereocenters. The molecule has 1 aromatic heterocycles. The molecule has 2 atom stereocenters. The number of rotatable bonds is 6. The summed E-state index contributed by atoms with van der Waals surface area (Å²) in [6.45, 7) is 3.89. The van der Waals surface area contributed by atoms with Gasteiger partial charge in [-0.3, -0.25) is 14.4 Å². The van der Waals surface area contributed by atoms with Gasteiger partial charge in [-0.2, -0.15) is 0 Å². The Balaban J connectivity index is 1.90. The van der Waals surface area contributed by atoms with E-state index in [2.05, 4.69) is 15.8 Å². The Morgan fingerprint density at radius 3 is 2.58 bits per heavy atom. The van der Waals surface area contributed by atoms with Gasteiger partial charge in [-0.15, -0.1) is 0 Å². The molecule has 26 heavy (non-hydrogen) atoms. The first-order valence-electron chi connectivity index (χ1n) is 8.69. The maximum atomic E-state index is 12.7. The Morgan fingerprint density at radius 2 is 1.85 bits per heavy atom. The largest absolute Gasteiger partial charge is 0.355 e. The molecule has 0 aliphatic rings. The summed E-state index contributed by atoms with van der Waals surface area (Å²) in [5.74, 6) is -0.664. The Hall–Kier alpha value is -2.86. The van der Waals surface area contributed by atoms with Crippen LogP contribution in [-0.4, -0.2) is 29.9 Å². The van der Waals surface area contributed by atoms with E-state index in [1.165, 1.54) is 7.11 Å². The lowest BCUT2D eigenvalue weighted by Gasteiger charge is -2.22. The third-order valence-electron chi connectivity index (χ3n) is 4.75. The van der Waals surface area contributed by atoms with Gasteiger partial charge in [0.05, 0.1) is 7.11 Å². The van der Waals surface area contributed by atoms with E-state index in [0.29, 0.717) is 5.56 Å². The van der Waals surface area contributed by atoms with Gasteiger partial charge in [0.1, 0.15) is 6.04 Å². The van der Waals surface area contributed by atoms with Crippen LogP contribution in [0.1, 0.15) is 30.6 Å². The third kappa shape index (κ3) is 3.41. The van der Waals surface area contributed by atoms with Gasteiger partial charge in [0.2, 0.25) is 0 Å². The topological polar surface area (TPSA) is 83.2 Å². The second-order valence-electron chi connectivity index (χ2n) is 6.44. The zero-order chi connectivity index (χ0) is 18.7. The summed E-state index contributed by atoms with van der Waals surface area (Å²) in [4.78, 5) is 33.0. The van der Waals surface area contributed by atoms with Crippen LogP contribution in [0, 0.1) is 5.92 Å². The summed E-state index contributed by atoms with van der Waals surface area (Å²) in [5.41, 5.74) is 4.82. The lowest BCUT2D eigenvalue weighted by Crippen LogP contribution is -2.50. The number of hydroxylamine groups is 1. The first kappa shape index (κ1) is 17.9. The Kier molecular flexibility index (Phi) is 5.23. The van der Waals surface area contributed by atoms with Crippen molar-refractivity contribution in [2.75, 3.05) is 7.11 Å². The number of hydrogen-bond donors (Lipinski definition) is 3. The summed E-state index contributed by atoms with van der Waals surface area (Å²) in [6, 6.07) is 12.8. The molecule has 3 N–H and O–H groups in total. The van der Waals surface area contributed by atoms with E-state index in [9.17, 15) is 9.59 Å². The van der Waals surface area contributed by atoms with Crippen LogP contribution in [0.15, 0.2) is 42.5 Å². The first-order valence-corrected chi connectivity index (χ1v) is 8.69. The van der Waals surface area contributed by atoms with Gasteiger partial charge >= 0.3 is 0 Å². The van der Waals surface area contributed by atoms with E-state index >= 15 is 0 Å². The van der Waals surface area contributed by atoms with Crippen LogP contribution in [0.3, 0.4) is 0 Å². The van der Waals surface area contributed by atoms with Gasteiger partial charge in [-0.1, -0.05) is 38.5 Å². The fourth-order valence-corrected chi connectivity index (χ4v) is 3.08. The highest BCUT2D eigenvalue weighted by Gasteiger charge is 2.26. The number of para-hydroxylation sites is 1. The third-order valence-corrected chi connectivity index (χ3v) is 4.75. The molecule has 0 saturated heterocycles. The van der Waals surface area contributed by atoms with Crippen molar-refractivity contribution in [3.05, 3.63) is 48.0 Å². The van der Waals surface area contributed by atoms with E-state index in [1.54, 1.807) is 6.07 Å². The highest BCUT2D eigenvalue weighted by atomic mass is 16.6. The zero-order valence-electron chi connectivity index (χ0n) is 15.1. The van der Waals surface area contributed by atoms with Crippen LogP contribution < -0.4 is 10.8 Å². The van der Waals surface area contributed by atoms with Crippen molar-refractivity contribution in [2.45, 2.75) is 26.3 Å². The smallest absolute Gasteiger partial charge is 0.266 e. The highest BCUT2D eigenvalue weighted by Crippen LogP contribution is 2.26. The minimum Gasteiger partial charge on any atom is -0.355 e. The van der Waals surface area contributed by atoms with Crippen molar-refractivity contribution in [1.82, 2.24) is 15.8 Å².